The Hall–Kier alpha value is -3.12. The van der Waals surface area contributed by atoms with Crippen molar-refractivity contribution in [3.05, 3.63) is 82.1 Å². The van der Waals surface area contributed by atoms with Crippen LogP contribution in [-0.2, 0) is 28.9 Å². The number of hydrogen-bond donors (Lipinski definition) is 0. The summed E-state index contributed by atoms with van der Waals surface area (Å²) in [6, 6.07) is 17.3. The Balaban J connectivity index is 1.58. The van der Waals surface area contributed by atoms with Gasteiger partial charge in [-0.25, -0.2) is 9.48 Å². The Kier molecular flexibility index (Phi) is 6.37. The van der Waals surface area contributed by atoms with Gasteiger partial charge in [-0.15, -0.1) is 0 Å². The van der Waals surface area contributed by atoms with Gasteiger partial charge < -0.3 is 9.64 Å². The molecule has 1 amide bonds. The molecule has 3 aromatic rings. The molecule has 2 heterocycles. The number of hydrogen-bond acceptors (Lipinski definition) is 4. The van der Waals surface area contributed by atoms with Gasteiger partial charge in [-0.3, -0.25) is 4.79 Å². The largest absolute Gasteiger partial charge is 0.461 e. The Bertz CT molecular complexity index is 1080. The standard InChI is InChI=1S/C24H24ClN3O3/c1-2-31-24(30)23-20-16-27(22(29)13-8-17-6-4-3-5-7-17)15-14-21(20)28(26-23)19-11-9-18(25)10-12-19/h3-7,9-12H,2,8,13-16H2,1H3. The van der Waals surface area contributed by atoms with Gasteiger partial charge in [0.15, 0.2) is 5.69 Å². The number of aryl methyl sites for hydroxylation is 1. The summed E-state index contributed by atoms with van der Waals surface area (Å²) in [5, 5.41) is 5.19. The van der Waals surface area contributed by atoms with Crippen LogP contribution in [0.25, 0.3) is 5.69 Å². The first-order valence-corrected chi connectivity index (χ1v) is 10.8. The maximum Gasteiger partial charge on any atom is 0.359 e. The van der Waals surface area contributed by atoms with Gasteiger partial charge in [-0.2, -0.15) is 5.10 Å². The van der Waals surface area contributed by atoms with E-state index in [4.69, 9.17) is 16.3 Å². The van der Waals surface area contributed by atoms with Crippen LogP contribution < -0.4 is 0 Å². The lowest BCUT2D eigenvalue weighted by molar-refractivity contribution is -0.132. The number of fused-ring (bicyclic) bond motifs is 1. The van der Waals surface area contributed by atoms with Crippen molar-refractivity contribution in [3.8, 4) is 5.69 Å². The van der Waals surface area contributed by atoms with Crippen molar-refractivity contribution in [2.45, 2.75) is 32.7 Å². The zero-order valence-corrected chi connectivity index (χ0v) is 18.1. The van der Waals surface area contributed by atoms with Crippen LogP contribution in [0, 0.1) is 0 Å². The molecule has 0 saturated heterocycles. The fraction of sp³-hybridized carbons (Fsp3) is 0.292. The van der Waals surface area contributed by atoms with Crippen molar-refractivity contribution < 1.29 is 14.3 Å². The minimum atomic E-state index is -0.468. The molecular weight excluding hydrogens is 414 g/mol. The van der Waals surface area contributed by atoms with Gasteiger partial charge in [0.1, 0.15) is 0 Å². The van der Waals surface area contributed by atoms with Crippen LogP contribution >= 0.6 is 11.6 Å². The monoisotopic (exact) mass is 437 g/mol. The van der Waals surface area contributed by atoms with Gasteiger partial charge in [0.25, 0.3) is 0 Å². The highest BCUT2D eigenvalue weighted by atomic mass is 35.5. The summed E-state index contributed by atoms with van der Waals surface area (Å²) in [6.07, 6.45) is 1.73. The summed E-state index contributed by atoms with van der Waals surface area (Å²) in [6.45, 7) is 2.97. The van der Waals surface area contributed by atoms with E-state index in [1.807, 2.05) is 47.4 Å². The highest BCUT2D eigenvalue weighted by molar-refractivity contribution is 6.30. The van der Waals surface area contributed by atoms with E-state index in [0.29, 0.717) is 37.4 Å². The number of nitrogens with zero attached hydrogens (tertiary/aromatic N) is 3. The van der Waals surface area contributed by atoms with E-state index in [1.54, 1.807) is 23.7 Å². The molecule has 0 bridgehead atoms. The maximum atomic E-state index is 12.9. The zero-order chi connectivity index (χ0) is 21.8. The molecule has 1 aromatic heterocycles. The van der Waals surface area contributed by atoms with E-state index in [1.165, 1.54) is 0 Å². The second kappa shape index (κ2) is 9.35. The van der Waals surface area contributed by atoms with E-state index in [-0.39, 0.29) is 18.2 Å². The minimum absolute atomic E-state index is 0.0727. The molecule has 160 valence electrons. The predicted molar refractivity (Wildman–Crippen MR) is 118 cm³/mol. The molecule has 1 aliphatic rings. The molecular formula is C24H24ClN3O3. The van der Waals surface area contributed by atoms with Crippen LogP contribution in [0.2, 0.25) is 5.02 Å². The number of halogens is 1. The third kappa shape index (κ3) is 4.64. The van der Waals surface area contributed by atoms with E-state index >= 15 is 0 Å². The molecule has 0 spiro atoms. The van der Waals surface area contributed by atoms with E-state index in [2.05, 4.69) is 5.10 Å². The molecule has 1 aliphatic heterocycles. The first kappa shape index (κ1) is 21.1. The van der Waals surface area contributed by atoms with Crippen molar-refractivity contribution in [2.24, 2.45) is 0 Å². The Morgan fingerprint density at radius 2 is 1.84 bits per heavy atom. The van der Waals surface area contributed by atoms with Gasteiger partial charge in [0.2, 0.25) is 5.91 Å². The number of amides is 1. The van der Waals surface area contributed by atoms with E-state index in [0.717, 1.165) is 22.5 Å². The van der Waals surface area contributed by atoms with Crippen molar-refractivity contribution >= 4 is 23.5 Å². The lowest BCUT2D eigenvalue weighted by atomic mass is 10.0. The summed E-state index contributed by atoms with van der Waals surface area (Å²) in [5.41, 5.74) is 3.91. The molecule has 4 rings (SSSR count). The molecule has 6 nitrogen and oxygen atoms in total. The van der Waals surface area contributed by atoms with Crippen LogP contribution in [0.5, 0.6) is 0 Å². The number of carbonyl (C=O) groups excluding carboxylic acids is 2. The predicted octanol–water partition coefficient (Wildman–Crippen LogP) is 4.22. The summed E-state index contributed by atoms with van der Waals surface area (Å²) < 4.78 is 6.99. The Morgan fingerprint density at radius 3 is 2.55 bits per heavy atom. The summed E-state index contributed by atoms with van der Waals surface area (Å²) in [5.74, 6) is -0.395. The maximum absolute atomic E-state index is 12.9. The normalized spacial score (nSPS) is 13.0. The van der Waals surface area contributed by atoms with Gasteiger partial charge >= 0.3 is 5.97 Å². The fourth-order valence-corrected chi connectivity index (χ4v) is 3.97. The van der Waals surface area contributed by atoms with Crippen molar-refractivity contribution in [1.29, 1.82) is 0 Å². The second-order valence-corrected chi connectivity index (χ2v) is 7.87. The molecule has 0 atom stereocenters. The average Bonchev–Trinajstić information content (AvgIpc) is 3.18. The smallest absolute Gasteiger partial charge is 0.359 e. The molecule has 0 unspecified atom stereocenters. The summed E-state index contributed by atoms with van der Waals surface area (Å²) >= 11 is 6.02. The number of aromatic nitrogens is 2. The Labute approximate surface area is 186 Å². The molecule has 0 radical (unpaired) electrons. The number of ether oxygens (including phenoxy) is 1. The average molecular weight is 438 g/mol. The number of carbonyl (C=O) groups is 2. The molecule has 31 heavy (non-hydrogen) atoms. The van der Waals surface area contributed by atoms with Crippen LogP contribution in [0.3, 0.4) is 0 Å². The lowest BCUT2D eigenvalue weighted by Gasteiger charge is -2.28. The molecule has 0 saturated carbocycles. The van der Waals surface area contributed by atoms with Crippen LogP contribution in [0.4, 0.5) is 0 Å². The van der Waals surface area contributed by atoms with Gasteiger partial charge in [-0.05, 0) is 43.2 Å². The van der Waals surface area contributed by atoms with Crippen LogP contribution in [-0.4, -0.2) is 39.7 Å². The van der Waals surface area contributed by atoms with Gasteiger partial charge in [0, 0.05) is 36.5 Å². The molecule has 0 fully saturated rings. The Morgan fingerprint density at radius 1 is 1.10 bits per heavy atom. The number of rotatable bonds is 6. The minimum Gasteiger partial charge on any atom is -0.461 e. The first-order chi connectivity index (χ1) is 15.1. The third-order valence-corrected chi connectivity index (χ3v) is 5.67. The third-order valence-electron chi connectivity index (χ3n) is 5.42. The SMILES string of the molecule is CCOC(=O)c1nn(-c2ccc(Cl)cc2)c2c1CN(C(=O)CCc1ccccc1)CC2. The number of benzene rings is 2. The van der Waals surface area contributed by atoms with Crippen molar-refractivity contribution in [2.75, 3.05) is 13.2 Å². The molecule has 0 aliphatic carbocycles. The van der Waals surface area contributed by atoms with Crippen LogP contribution in [0.1, 0.15) is 40.7 Å². The van der Waals surface area contributed by atoms with E-state index < -0.39 is 5.97 Å². The topological polar surface area (TPSA) is 64.4 Å². The first-order valence-electron chi connectivity index (χ1n) is 10.4. The lowest BCUT2D eigenvalue weighted by Crippen LogP contribution is -2.36. The van der Waals surface area contributed by atoms with Gasteiger partial charge in [0.05, 0.1) is 18.0 Å². The van der Waals surface area contributed by atoms with E-state index in [9.17, 15) is 9.59 Å². The van der Waals surface area contributed by atoms with Crippen molar-refractivity contribution in [3.63, 3.8) is 0 Å². The molecule has 0 N–H and O–H groups in total. The van der Waals surface area contributed by atoms with Crippen molar-refractivity contribution in [1.82, 2.24) is 14.7 Å². The highest BCUT2D eigenvalue weighted by Crippen LogP contribution is 2.27. The molecule has 7 heteroatoms. The fourth-order valence-electron chi connectivity index (χ4n) is 3.85. The highest BCUT2D eigenvalue weighted by Gasteiger charge is 2.31. The number of esters is 1. The quantitative estimate of drug-likeness (QED) is 0.541. The summed E-state index contributed by atoms with van der Waals surface area (Å²) in [4.78, 5) is 27.3. The molecule has 2 aromatic carbocycles. The van der Waals surface area contributed by atoms with Gasteiger partial charge in [-0.1, -0.05) is 41.9 Å². The summed E-state index contributed by atoms with van der Waals surface area (Å²) in [7, 11) is 0. The van der Waals surface area contributed by atoms with Crippen LogP contribution in [0.15, 0.2) is 54.6 Å². The zero-order valence-electron chi connectivity index (χ0n) is 17.4. The second-order valence-electron chi connectivity index (χ2n) is 7.43.